The van der Waals surface area contributed by atoms with E-state index >= 15 is 0 Å². The summed E-state index contributed by atoms with van der Waals surface area (Å²) in [5.41, 5.74) is 4.29. The van der Waals surface area contributed by atoms with Crippen LogP contribution in [0.2, 0.25) is 0 Å². The molecule has 0 aromatic heterocycles. The van der Waals surface area contributed by atoms with Gasteiger partial charge >= 0.3 is 0 Å². The van der Waals surface area contributed by atoms with Gasteiger partial charge < -0.3 is 19.3 Å². The lowest BCUT2D eigenvalue weighted by Gasteiger charge is -2.37. The topological polar surface area (TPSA) is 47.9 Å². The fourth-order valence-corrected chi connectivity index (χ4v) is 3.74. The second-order valence-electron chi connectivity index (χ2n) is 7.52. The van der Waals surface area contributed by atoms with E-state index in [1.165, 1.54) is 36.0 Å². The van der Waals surface area contributed by atoms with E-state index < -0.39 is 0 Å². The van der Waals surface area contributed by atoms with Crippen molar-refractivity contribution in [3.63, 3.8) is 0 Å². The van der Waals surface area contributed by atoms with Crippen LogP contribution in [0, 0.1) is 0 Å². The zero-order valence-electron chi connectivity index (χ0n) is 17.0. The molecule has 0 aliphatic carbocycles. The van der Waals surface area contributed by atoms with Gasteiger partial charge in [-0.3, -0.25) is 0 Å². The third-order valence-corrected chi connectivity index (χ3v) is 5.03. The molecule has 0 atom stereocenters. The first kappa shape index (κ1) is 20.8. The van der Waals surface area contributed by atoms with Gasteiger partial charge in [-0.05, 0) is 75.3 Å². The quantitative estimate of drug-likeness (QED) is 0.464. The minimum Gasteiger partial charge on any atom is -0.483 e. The highest BCUT2D eigenvalue weighted by atomic mass is 16.7. The summed E-state index contributed by atoms with van der Waals surface area (Å²) >= 11 is 0. The van der Waals surface area contributed by atoms with Gasteiger partial charge in [0.25, 0.3) is 0 Å². The Kier molecular flexibility index (Phi) is 7.54. The minimum absolute atomic E-state index is 0.184. The second kappa shape index (κ2) is 9.43. The molecule has 4 heteroatoms. The number of hydrogen-bond acceptors (Lipinski definition) is 4. The molecule has 4 nitrogen and oxygen atoms in total. The maximum Gasteiger partial charge on any atom is 0.188 e. The molecule has 2 rings (SSSR count). The van der Waals surface area contributed by atoms with E-state index in [-0.39, 0.29) is 19.0 Å². The van der Waals surface area contributed by atoms with Gasteiger partial charge in [0.1, 0.15) is 17.1 Å². The molecule has 1 aromatic carbocycles. The molecule has 1 N–H and O–H groups in total. The van der Waals surface area contributed by atoms with Gasteiger partial charge in [0.15, 0.2) is 6.79 Å². The molecule has 1 aliphatic heterocycles. The van der Waals surface area contributed by atoms with Crippen LogP contribution in [0.25, 0.3) is 5.57 Å². The van der Waals surface area contributed by atoms with E-state index in [0.29, 0.717) is 0 Å². The predicted molar refractivity (Wildman–Crippen MR) is 106 cm³/mol. The van der Waals surface area contributed by atoms with Crippen LogP contribution in [0.1, 0.15) is 70.9 Å². The van der Waals surface area contributed by atoms with Gasteiger partial charge in [-0.15, -0.1) is 0 Å². The first-order valence-corrected chi connectivity index (χ1v) is 9.73. The maximum atomic E-state index is 9.25. The summed E-state index contributed by atoms with van der Waals surface area (Å²) in [6, 6.07) is 4.29. The zero-order chi connectivity index (χ0) is 19.2. The van der Waals surface area contributed by atoms with Crippen molar-refractivity contribution < 1.29 is 19.3 Å². The number of aliphatic hydroxyl groups is 1. The first-order valence-electron chi connectivity index (χ1n) is 9.73. The van der Waals surface area contributed by atoms with E-state index in [2.05, 4.69) is 39.8 Å². The molecule has 0 radical (unpaired) electrons. The smallest absolute Gasteiger partial charge is 0.188 e. The second-order valence-corrected chi connectivity index (χ2v) is 7.52. The van der Waals surface area contributed by atoms with Gasteiger partial charge in [0.2, 0.25) is 0 Å². The van der Waals surface area contributed by atoms with E-state index in [0.717, 1.165) is 36.3 Å². The highest BCUT2D eigenvalue weighted by Crippen LogP contribution is 2.47. The largest absolute Gasteiger partial charge is 0.483 e. The van der Waals surface area contributed by atoms with E-state index in [1.807, 2.05) is 0 Å². The Morgan fingerprint density at radius 1 is 1.12 bits per heavy atom. The van der Waals surface area contributed by atoms with Crippen LogP contribution in [0.4, 0.5) is 0 Å². The van der Waals surface area contributed by atoms with Crippen molar-refractivity contribution in [2.45, 2.75) is 71.8 Å². The Labute approximate surface area is 158 Å². The average Bonchev–Trinajstić information content (AvgIpc) is 2.58. The SMILES string of the molecule is CCCCCc1cc(OCOC)c2c(c1)OC(C)(C)C(CCCO)=C2C. The number of methoxy groups -OCH3 is 1. The van der Waals surface area contributed by atoms with Crippen molar-refractivity contribution in [3.8, 4) is 11.5 Å². The Morgan fingerprint density at radius 3 is 2.54 bits per heavy atom. The highest BCUT2D eigenvalue weighted by Gasteiger charge is 2.34. The lowest BCUT2D eigenvalue weighted by atomic mass is 9.83. The van der Waals surface area contributed by atoms with Crippen molar-refractivity contribution >= 4 is 5.57 Å². The molecule has 0 spiro atoms. The van der Waals surface area contributed by atoms with Gasteiger partial charge in [0, 0.05) is 13.7 Å². The van der Waals surface area contributed by atoms with Crippen LogP contribution < -0.4 is 9.47 Å². The Hall–Kier alpha value is -1.52. The molecule has 0 saturated heterocycles. The zero-order valence-corrected chi connectivity index (χ0v) is 17.0. The lowest BCUT2D eigenvalue weighted by Crippen LogP contribution is -2.35. The third kappa shape index (κ3) is 4.80. The summed E-state index contributed by atoms with van der Waals surface area (Å²) in [7, 11) is 1.63. The molecule has 1 aliphatic rings. The predicted octanol–water partition coefficient (Wildman–Crippen LogP) is 5.12. The van der Waals surface area contributed by atoms with Crippen LogP contribution in [-0.2, 0) is 11.2 Å². The molecule has 1 aromatic rings. The fourth-order valence-electron chi connectivity index (χ4n) is 3.74. The molecule has 26 heavy (non-hydrogen) atoms. The summed E-state index contributed by atoms with van der Waals surface area (Å²) in [6.07, 6.45) is 6.17. The molecule has 0 saturated carbocycles. The maximum absolute atomic E-state index is 9.25. The average molecular weight is 363 g/mol. The van der Waals surface area contributed by atoms with Crippen molar-refractivity contribution in [2.24, 2.45) is 0 Å². The summed E-state index contributed by atoms with van der Waals surface area (Å²) < 4.78 is 17.4. The Bertz CT molecular complexity index is 631. The number of allylic oxidation sites excluding steroid dienone is 1. The number of aryl methyl sites for hydroxylation is 1. The highest BCUT2D eigenvalue weighted by molar-refractivity contribution is 5.79. The molecular weight excluding hydrogens is 328 g/mol. The number of rotatable bonds is 10. The number of aliphatic hydroxyl groups excluding tert-OH is 1. The number of benzene rings is 1. The van der Waals surface area contributed by atoms with Crippen molar-refractivity contribution in [2.75, 3.05) is 20.5 Å². The molecule has 0 bridgehead atoms. The van der Waals surface area contributed by atoms with E-state index in [9.17, 15) is 5.11 Å². The van der Waals surface area contributed by atoms with Crippen LogP contribution in [0.3, 0.4) is 0 Å². The molecule has 146 valence electrons. The number of hydrogen-bond donors (Lipinski definition) is 1. The minimum atomic E-state index is -0.382. The molecule has 0 fully saturated rings. The summed E-state index contributed by atoms with van der Waals surface area (Å²) in [5.74, 6) is 1.71. The summed E-state index contributed by atoms with van der Waals surface area (Å²) in [4.78, 5) is 0. The van der Waals surface area contributed by atoms with Crippen LogP contribution in [0.5, 0.6) is 11.5 Å². The normalized spacial score (nSPS) is 15.6. The van der Waals surface area contributed by atoms with Crippen LogP contribution in [0.15, 0.2) is 17.7 Å². The number of unbranched alkanes of at least 4 members (excludes halogenated alkanes) is 2. The van der Waals surface area contributed by atoms with Crippen molar-refractivity contribution in [1.29, 1.82) is 0 Å². The Morgan fingerprint density at radius 2 is 1.88 bits per heavy atom. The van der Waals surface area contributed by atoms with Gasteiger partial charge in [-0.1, -0.05) is 19.8 Å². The van der Waals surface area contributed by atoms with Crippen molar-refractivity contribution in [1.82, 2.24) is 0 Å². The molecule has 1 heterocycles. The molecule has 0 amide bonds. The third-order valence-electron chi connectivity index (χ3n) is 5.03. The van der Waals surface area contributed by atoms with Gasteiger partial charge in [-0.25, -0.2) is 0 Å². The number of fused-ring (bicyclic) bond motifs is 1. The van der Waals surface area contributed by atoms with Crippen LogP contribution >= 0.6 is 0 Å². The first-order chi connectivity index (χ1) is 12.4. The standard InChI is InChI=1S/C22H34O4/c1-6-7-8-10-17-13-19(25-15-24-5)21-16(2)18(11-9-12-23)22(3,4)26-20(21)14-17/h13-14,23H,6-12,15H2,1-5H3. The van der Waals surface area contributed by atoms with Crippen molar-refractivity contribution in [3.05, 3.63) is 28.8 Å². The van der Waals surface area contributed by atoms with Crippen LogP contribution in [-0.4, -0.2) is 31.2 Å². The Balaban J connectivity index is 2.46. The number of ether oxygens (including phenoxy) is 3. The molecular formula is C22H34O4. The summed E-state index contributed by atoms with van der Waals surface area (Å²) in [5, 5.41) is 9.25. The molecule has 0 unspecified atom stereocenters. The van der Waals surface area contributed by atoms with E-state index in [1.54, 1.807) is 7.11 Å². The monoisotopic (exact) mass is 362 g/mol. The fraction of sp³-hybridized carbons (Fsp3) is 0.636. The van der Waals surface area contributed by atoms with Gasteiger partial charge in [0.05, 0.1) is 5.56 Å². The summed E-state index contributed by atoms with van der Waals surface area (Å²) in [6.45, 7) is 8.95. The van der Waals surface area contributed by atoms with Gasteiger partial charge in [-0.2, -0.15) is 0 Å². The van der Waals surface area contributed by atoms with E-state index in [4.69, 9.17) is 14.2 Å². The lowest BCUT2D eigenvalue weighted by molar-refractivity contribution is 0.0501.